The Morgan fingerprint density at radius 1 is 1.30 bits per heavy atom. The number of nitro benzene ring substituents is 1. The van der Waals surface area contributed by atoms with Gasteiger partial charge in [-0.25, -0.2) is 4.39 Å². The summed E-state index contributed by atoms with van der Waals surface area (Å²) in [5.74, 6) is -0.428. The van der Waals surface area contributed by atoms with Gasteiger partial charge in [0.1, 0.15) is 5.82 Å². The molecule has 0 unspecified atom stereocenters. The summed E-state index contributed by atoms with van der Waals surface area (Å²) in [5, 5.41) is 13.9. The Labute approximate surface area is 127 Å². The van der Waals surface area contributed by atoms with Gasteiger partial charge in [-0.15, -0.1) is 0 Å². The Bertz CT molecular complexity index is 647. The summed E-state index contributed by atoms with van der Waals surface area (Å²) in [7, 11) is 0. The Kier molecular flexibility index (Phi) is 4.57. The molecule has 2 aromatic rings. The SMILES string of the molecule is O=[N+]([O-])c1ccc(CNc2cc(F)cc(Cl)c2)c(Br)c1. The second-order valence-electron chi connectivity index (χ2n) is 4.04. The molecule has 7 heteroatoms. The summed E-state index contributed by atoms with van der Waals surface area (Å²) < 4.78 is 13.8. The molecule has 2 aromatic carbocycles. The van der Waals surface area contributed by atoms with Crippen LogP contribution in [0.2, 0.25) is 5.02 Å². The molecular weight excluding hydrogens is 351 g/mol. The number of benzene rings is 2. The van der Waals surface area contributed by atoms with Crippen molar-refractivity contribution in [2.24, 2.45) is 0 Å². The van der Waals surface area contributed by atoms with Crippen molar-refractivity contribution in [1.82, 2.24) is 0 Å². The molecule has 0 aliphatic carbocycles. The molecule has 1 N–H and O–H groups in total. The lowest BCUT2D eigenvalue weighted by Crippen LogP contribution is -2.01. The number of nitrogens with zero attached hydrogens (tertiary/aromatic N) is 1. The molecule has 20 heavy (non-hydrogen) atoms. The zero-order valence-electron chi connectivity index (χ0n) is 10.1. The summed E-state index contributed by atoms with van der Waals surface area (Å²) in [6.07, 6.45) is 0. The van der Waals surface area contributed by atoms with Gasteiger partial charge in [0.25, 0.3) is 5.69 Å². The van der Waals surface area contributed by atoms with E-state index in [2.05, 4.69) is 21.2 Å². The van der Waals surface area contributed by atoms with Crippen LogP contribution in [0.25, 0.3) is 0 Å². The van der Waals surface area contributed by atoms with Crippen LogP contribution in [0.15, 0.2) is 40.9 Å². The second-order valence-corrected chi connectivity index (χ2v) is 5.34. The third-order valence-corrected chi connectivity index (χ3v) is 3.55. The minimum Gasteiger partial charge on any atom is -0.381 e. The van der Waals surface area contributed by atoms with E-state index >= 15 is 0 Å². The first kappa shape index (κ1) is 14.7. The molecule has 0 saturated heterocycles. The molecule has 4 nitrogen and oxygen atoms in total. The summed E-state index contributed by atoms with van der Waals surface area (Å²) in [4.78, 5) is 10.2. The monoisotopic (exact) mass is 358 g/mol. The highest BCUT2D eigenvalue weighted by Crippen LogP contribution is 2.24. The highest BCUT2D eigenvalue weighted by Gasteiger charge is 2.09. The molecule has 0 aromatic heterocycles. The Balaban J connectivity index is 2.12. The fourth-order valence-electron chi connectivity index (χ4n) is 1.65. The third kappa shape index (κ3) is 3.68. The molecule has 0 fully saturated rings. The first-order valence-corrected chi connectivity index (χ1v) is 6.75. The Hall–Kier alpha value is -1.66. The predicted molar refractivity (Wildman–Crippen MR) is 79.5 cm³/mol. The van der Waals surface area contributed by atoms with E-state index in [0.717, 1.165) is 5.56 Å². The van der Waals surface area contributed by atoms with Gasteiger partial charge in [0.15, 0.2) is 0 Å². The number of nitro groups is 1. The highest BCUT2D eigenvalue weighted by molar-refractivity contribution is 9.10. The molecule has 0 aliphatic rings. The van der Waals surface area contributed by atoms with Crippen LogP contribution in [0.1, 0.15) is 5.56 Å². The van der Waals surface area contributed by atoms with E-state index in [1.807, 2.05) is 0 Å². The van der Waals surface area contributed by atoms with E-state index < -0.39 is 10.7 Å². The van der Waals surface area contributed by atoms with E-state index in [4.69, 9.17) is 11.6 Å². The molecule has 0 heterocycles. The number of nitrogens with one attached hydrogen (secondary N) is 1. The van der Waals surface area contributed by atoms with Gasteiger partial charge < -0.3 is 5.32 Å². The predicted octanol–water partition coefficient (Wildman–Crippen LogP) is 4.76. The standard InChI is InChI=1S/C13H9BrClFN2O2/c14-13-6-12(18(19)20)2-1-8(13)7-17-11-4-9(15)3-10(16)5-11/h1-6,17H,7H2. The molecule has 0 atom stereocenters. The van der Waals surface area contributed by atoms with Gasteiger partial charge in [0.2, 0.25) is 0 Å². The van der Waals surface area contributed by atoms with Crippen molar-refractivity contribution in [2.75, 3.05) is 5.32 Å². The second kappa shape index (κ2) is 6.19. The molecule has 0 saturated carbocycles. The van der Waals surface area contributed by atoms with Crippen LogP contribution in [0, 0.1) is 15.9 Å². The summed E-state index contributed by atoms with van der Waals surface area (Å²) in [6, 6.07) is 8.62. The minimum absolute atomic E-state index is 0.00873. The van der Waals surface area contributed by atoms with Gasteiger partial charge in [-0.3, -0.25) is 10.1 Å². The van der Waals surface area contributed by atoms with E-state index in [9.17, 15) is 14.5 Å². The van der Waals surface area contributed by atoms with Gasteiger partial charge in [0, 0.05) is 33.9 Å². The smallest absolute Gasteiger partial charge is 0.270 e. The van der Waals surface area contributed by atoms with E-state index in [1.165, 1.54) is 24.3 Å². The molecule has 0 aliphatic heterocycles. The molecular formula is C13H9BrClFN2O2. The molecule has 0 radical (unpaired) electrons. The van der Waals surface area contributed by atoms with Gasteiger partial charge in [-0.05, 0) is 29.8 Å². The maximum atomic E-state index is 13.2. The number of halogens is 3. The average Bonchev–Trinajstić information content (AvgIpc) is 2.36. The number of anilines is 1. The Morgan fingerprint density at radius 3 is 2.65 bits per heavy atom. The van der Waals surface area contributed by atoms with Crippen LogP contribution >= 0.6 is 27.5 Å². The zero-order chi connectivity index (χ0) is 14.7. The molecule has 104 valence electrons. The number of rotatable bonds is 4. The quantitative estimate of drug-likeness (QED) is 0.632. The van der Waals surface area contributed by atoms with E-state index in [1.54, 1.807) is 12.1 Å². The van der Waals surface area contributed by atoms with Crippen molar-refractivity contribution in [3.8, 4) is 0 Å². The van der Waals surface area contributed by atoms with E-state index in [0.29, 0.717) is 21.7 Å². The maximum absolute atomic E-state index is 13.2. The summed E-state index contributed by atoms with van der Waals surface area (Å²) in [5.41, 5.74) is 1.37. The van der Waals surface area contributed by atoms with Crippen molar-refractivity contribution in [1.29, 1.82) is 0 Å². The maximum Gasteiger partial charge on any atom is 0.270 e. The lowest BCUT2D eigenvalue weighted by molar-refractivity contribution is -0.384. The number of hydrogen-bond donors (Lipinski definition) is 1. The Morgan fingerprint density at radius 2 is 2.05 bits per heavy atom. The fraction of sp³-hybridized carbons (Fsp3) is 0.0769. The van der Waals surface area contributed by atoms with Gasteiger partial charge in [-0.1, -0.05) is 27.5 Å². The molecule has 0 amide bonds. The van der Waals surface area contributed by atoms with Crippen LogP contribution in [0.3, 0.4) is 0 Å². The third-order valence-electron chi connectivity index (χ3n) is 2.59. The van der Waals surface area contributed by atoms with Crippen LogP contribution in [-0.4, -0.2) is 4.92 Å². The normalized spacial score (nSPS) is 10.3. The highest BCUT2D eigenvalue weighted by atomic mass is 79.9. The van der Waals surface area contributed by atoms with Crippen LogP contribution < -0.4 is 5.32 Å². The van der Waals surface area contributed by atoms with Crippen molar-refractivity contribution in [2.45, 2.75) is 6.54 Å². The summed E-state index contributed by atoms with van der Waals surface area (Å²) in [6.45, 7) is 0.387. The van der Waals surface area contributed by atoms with Crippen LogP contribution in [-0.2, 0) is 6.54 Å². The van der Waals surface area contributed by atoms with Crippen molar-refractivity contribution in [3.05, 3.63) is 67.4 Å². The van der Waals surface area contributed by atoms with Crippen LogP contribution in [0.4, 0.5) is 15.8 Å². The molecule has 0 spiro atoms. The van der Waals surface area contributed by atoms with E-state index in [-0.39, 0.29) is 5.69 Å². The fourth-order valence-corrected chi connectivity index (χ4v) is 2.38. The minimum atomic E-state index is -0.464. The van der Waals surface area contributed by atoms with Crippen LogP contribution in [0.5, 0.6) is 0 Å². The van der Waals surface area contributed by atoms with Gasteiger partial charge >= 0.3 is 0 Å². The lowest BCUT2D eigenvalue weighted by Gasteiger charge is -2.09. The number of hydrogen-bond acceptors (Lipinski definition) is 3. The zero-order valence-corrected chi connectivity index (χ0v) is 12.4. The summed E-state index contributed by atoms with van der Waals surface area (Å²) >= 11 is 9.03. The topological polar surface area (TPSA) is 55.2 Å². The first-order valence-electron chi connectivity index (χ1n) is 5.58. The first-order chi connectivity index (χ1) is 9.45. The molecule has 2 rings (SSSR count). The molecule has 0 bridgehead atoms. The van der Waals surface area contributed by atoms with Crippen molar-refractivity contribution >= 4 is 38.9 Å². The van der Waals surface area contributed by atoms with Gasteiger partial charge in [0.05, 0.1) is 4.92 Å². The van der Waals surface area contributed by atoms with Crippen molar-refractivity contribution < 1.29 is 9.31 Å². The number of non-ortho nitro benzene ring substituents is 1. The largest absolute Gasteiger partial charge is 0.381 e. The lowest BCUT2D eigenvalue weighted by atomic mass is 10.2. The van der Waals surface area contributed by atoms with Crippen molar-refractivity contribution in [3.63, 3.8) is 0 Å². The average molecular weight is 360 g/mol. The van der Waals surface area contributed by atoms with Gasteiger partial charge in [-0.2, -0.15) is 0 Å².